The van der Waals surface area contributed by atoms with E-state index >= 15 is 0 Å². The van der Waals surface area contributed by atoms with Crippen LogP contribution in [0.4, 0.5) is 13.2 Å². The molecule has 1 aliphatic rings. The van der Waals surface area contributed by atoms with E-state index in [9.17, 15) is 13.2 Å². The first-order valence-electron chi connectivity index (χ1n) is 8.75. The largest absolute Gasteiger partial charge is 0.468 e. The van der Waals surface area contributed by atoms with Gasteiger partial charge in [0.2, 0.25) is 5.88 Å². The van der Waals surface area contributed by atoms with Gasteiger partial charge >= 0.3 is 6.18 Å². The molecule has 9 heteroatoms. The molecule has 6 nitrogen and oxygen atoms in total. The third-order valence-electron chi connectivity index (χ3n) is 4.30. The maximum Gasteiger partial charge on any atom is 0.422 e. The van der Waals surface area contributed by atoms with Crippen LogP contribution in [0.5, 0.6) is 5.88 Å². The van der Waals surface area contributed by atoms with Crippen LogP contribution in [-0.4, -0.2) is 61.4 Å². The SMILES string of the molecule is CCN1CCCC1CNC(=NC)NCc1cccnc1OCC(F)(F)F. The van der Waals surface area contributed by atoms with Gasteiger partial charge in [0.15, 0.2) is 12.6 Å². The van der Waals surface area contributed by atoms with Crippen molar-refractivity contribution >= 4 is 5.96 Å². The van der Waals surface area contributed by atoms with Gasteiger partial charge in [0.05, 0.1) is 0 Å². The Morgan fingerprint density at radius 2 is 2.23 bits per heavy atom. The van der Waals surface area contributed by atoms with E-state index in [1.807, 2.05) is 0 Å². The second kappa shape index (κ2) is 9.61. The molecule has 1 aliphatic heterocycles. The first-order valence-corrected chi connectivity index (χ1v) is 8.75. The van der Waals surface area contributed by atoms with Gasteiger partial charge in [-0.3, -0.25) is 9.89 Å². The van der Waals surface area contributed by atoms with Crippen molar-refractivity contribution in [1.82, 2.24) is 20.5 Å². The molecule has 1 saturated heterocycles. The van der Waals surface area contributed by atoms with Crippen molar-refractivity contribution in [1.29, 1.82) is 0 Å². The molecule has 0 radical (unpaired) electrons. The predicted octanol–water partition coefficient (Wildman–Crippen LogP) is 2.17. The molecule has 1 aromatic heterocycles. The number of likely N-dealkylation sites (tertiary alicyclic amines) is 1. The molecule has 0 bridgehead atoms. The number of rotatable bonds is 7. The lowest BCUT2D eigenvalue weighted by Crippen LogP contribution is -2.44. The molecule has 2 rings (SSSR count). The zero-order valence-corrected chi connectivity index (χ0v) is 15.1. The number of pyridine rings is 1. The second-order valence-electron chi connectivity index (χ2n) is 6.10. The highest BCUT2D eigenvalue weighted by molar-refractivity contribution is 5.79. The normalized spacial score (nSPS) is 18.8. The summed E-state index contributed by atoms with van der Waals surface area (Å²) in [5.74, 6) is 0.569. The molecule has 0 aliphatic carbocycles. The molecule has 0 aromatic carbocycles. The van der Waals surface area contributed by atoms with Crippen molar-refractivity contribution in [2.45, 2.75) is 38.5 Å². The van der Waals surface area contributed by atoms with Crippen molar-refractivity contribution in [3.63, 3.8) is 0 Å². The summed E-state index contributed by atoms with van der Waals surface area (Å²) in [7, 11) is 1.66. The summed E-state index contributed by atoms with van der Waals surface area (Å²) in [6.45, 7) is 3.97. The number of likely N-dealkylation sites (N-methyl/N-ethyl adjacent to an activating group) is 1. The van der Waals surface area contributed by atoms with Crippen molar-refractivity contribution in [2.24, 2.45) is 4.99 Å². The molecule has 1 aromatic rings. The van der Waals surface area contributed by atoms with Crippen LogP contribution in [0.1, 0.15) is 25.3 Å². The third kappa shape index (κ3) is 6.36. The molecular formula is C17H26F3N5O. The summed E-state index contributed by atoms with van der Waals surface area (Å²) in [6, 6.07) is 3.81. The van der Waals surface area contributed by atoms with Crippen LogP contribution in [0.2, 0.25) is 0 Å². The van der Waals surface area contributed by atoms with Gasteiger partial charge in [-0.25, -0.2) is 4.98 Å². The topological polar surface area (TPSA) is 61.8 Å². The molecule has 2 heterocycles. The van der Waals surface area contributed by atoms with Crippen LogP contribution < -0.4 is 15.4 Å². The fraction of sp³-hybridized carbons (Fsp3) is 0.647. The van der Waals surface area contributed by atoms with E-state index in [1.54, 1.807) is 19.2 Å². The van der Waals surface area contributed by atoms with Crippen molar-refractivity contribution in [3.8, 4) is 5.88 Å². The van der Waals surface area contributed by atoms with Crippen molar-refractivity contribution in [2.75, 3.05) is 33.3 Å². The van der Waals surface area contributed by atoms with E-state index < -0.39 is 12.8 Å². The fourth-order valence-electron chi connectivity index (χ4n) is 3.00. The van der Waals surface area contributed by atoms with Gasteiger partial charge in [0, 0.05) is 37.9 Å². The van der Waals surface area contributed by atoms with E-state index in [1.165, 1.54) is 12.6 Å². The Bertz CT molecular complexity index is 594. The molecule has 0 saturated carbocycles. The fourth-order valence-corrected chi connectivity index (χ4v) is 3.00. The number of hydrogen-bond acceptors (Lipinski definition) is 4. The average molecular weight is 373 g/mol. The van der Waals surface area contributed by atoms with E-state index in [2.05, 4.69) is 32.4 Å². The number of aliphatic imine (C=N–C) groups is 1. The van der Waals surface area contributed by atoms with Gasteiger partial charge < -0.3 is 15.4 Å². The van der Waals surface area contributed by atoms with E-state index in [0.717, 1.165) is 26.1 Å². The zero-order chi connectivity index (χ0) is 19.0. The van der Waals surface area contributed by atoms with Gasteiger partial charge in [-0.15, -0.1) is 0 Å². The Morgan fingerprint density at radius 1 is 1.42 bits per heavy atom. The predicted molar refractivity (Wildman–Crippen MR) is 94.3 cm³/mol. The van der Waals surface area contributed by atoms with Crippen LogP contribution in [0.15, 0.2) is 23.3 Å². The maximum absolute atomic E-state index is 12.3. The van der Waals surface area contributed by atoms with Crippen LogP contribution in [0.25, 0.3) is 0 Å². The highest BCUT2D eigenvalue weighted by atomic mass is 19.4. The average Bonchev–Trinajstić information content (AvgIpc) is 3.07. The smallest absolute Gasteiger partial charge is 0.422 e. The van der Waals surface area contributed by atoms with E-state index in [4.69, 9.17) is 4.74 Å². The minimum atomic E-state index is -4.40. The lowest BCUT2D eigenvalue weighted by molar-refractivity contribution is -0.154. The number of nitrogens with zero attached hydrogens (tertiary/aromatic N) is 3. The minimum Gasteiger partial charge on any atom is -0.468 e. The maximum atomic E-state index is 12.3. The van der Waals surface area contributed by atoms with Crippen molar-refractivity contribution < 1.29 is 17.9 Å². The molecule has 2 N–H and O–H groups in total. The Balaban J connectivity index is 1.86. The minimum absolute atomic E-state index is 0.0271. The third-order valence-corrected chi connectivity index (χ3v) is 4.30. The summed E-state index contributed by atoms with van der Waals surface area (Å²) in [6.07, 6.45) is -0.647. The number of ether oxygens (including phenoxy) is 1. The highest BCUT2D eigenvalue weighted by Crippen LogP contribution is 2.20. The molecule has 1 unspecified atom stereocenters. The highest BCUT2D eigenvalue weighted by Gasteiger charge is 2.29. The molecule has 0 spiro atoms. The summed E-state index contributed by atoms with van der Waals surface area (Å²) in [5.41, 5.74) is 0.538. The zero-order valence-electron chi connectivity index (χ0n) is 15.1. The number of hydrogen-bond donors (Lipinski definition) is 2. The molecule has 26 heavy (non-hydrogen) atoms. The van der Waals surface area contributed by atoms with Crippen LogP contribution >= 0.6 is 0 Å². The number of guanidine groups is 1. The first-order chi connectivity index (χ1) is 12.4. The van der Waals surface area contributed by atoms with Gasteiger partial charge in [0.25, 0.3) is 0 Å². The molecule has 146 valence electrons. The van der Waals surface area contributed by atoms with Gasteiger partial charge in [-0.2, -0.15) is 13.2 Å². The van der Waals surface area contributed by atoms with Crippen LogP contribution in [0.3, 0.4) is 0 Å². The first kappa shape index (κ1) is 20.3. The molecule has 1 fully saturated rings. The molecule has 0 amide bonds. The monoisotopic (exact) mass is 373 g/mol. The number of nitrogens with one attached hydrogen (secondary N) is 2. The van der Waals surface area contributed by atoms with Crippen LogP contribution in [0, 0.1) is 0 Å². The Kier molecular flexibility index (Phi) is 7.50. The second-order valence-corrected chi connectivity index (χ2v) is 6.10. The van der Waals surface area contributed by atoms with Crippen molar-refractivity contribution in [3.05, 3.63) is 23.9 Å². The lowest BCUT2D eigenvalue weighted by Gasteiger charge is -2.24. The van der Waals surface area contributed by atoms with Gasteiger partial charge in [0.1, 0.15) is 0 Å². The quantitative estimate of drug-likeness (QED) is 0.567. The Hall–Kier alpha value is -2.03. The lowest BCUT2D eigenvalue weighted by atomic mass is 10.2. The Labute approximate surface area is 151 Å². The number of halogens is 3. The summed E-state index contributed by atoms with van der Waals surface area (Å²) < 4.78 is 41.8. The number of alkyl halides is 3. The van der Waals surface area contributed by atoms with Gasteiger partial charge in [-0.05, 0) is 32.0 Å². The molecule has 1 atom stereocenters. The summed E-state index contributed by atoms with van der Waals surface area (Å²) in [4.78, 5) is 10.5. The van der Waals surface area contributed by atoms with Gasteiger partial charge in [-0.1, -0.05) is 13.0 Å². The standard InChI is InChI=1S/C17H26F3N5O/c1-3-25-9-5-7-14(25)11-24-16(21-2)23-10-13-6-4-8-22-15(13)26-12-17(18,19)20/h4,6,8,14H,3,5,7,9-12H2,1-2H3,(H2,21,23,24). The van der Waals surface area contributed by atoms with E-state index in [-0.39, 0.29) is 12.4 Å². The summed E-state index contributed by atoms with van der Waals surface area (Å²) >= 11 is 0. The number of aromatic nitrogens is 1. The van der Waals surface area contributed by atoms with Crippen LogP contribution in [-0.2, 0) is 6.54 Å². The summed E-state index contributed by atoms with van der Waals surface area (Å²) in [5, 5.41) is 6.38. The van der Waals surface area contributed by atoms with E-state index in [0.29, 0.717) is 17.6 Å². The molecular weight excluding hydrogens is 347 g/mol. The Morgan fingerprint density at radius 3 is 2.92 bits per heavy atom.